The minimum atomic E-state index is -1.41. The summed E-state index contributed by atoms with van der Waals surface area (Å²) >= 11 is 0. The van der Waals surface area contributed by atoms with E-state index in [1.54, 1.807) is 12.1 Å². The number of halogens is 2. The molecule has 2 aromatic rings. The average Bonchev–Trinajstić information content (AvgIpc) is 2.57. The smallest absolute Gasteiger partial charge is 0.159 e. The molecule has 0 amide bonds. The van der Waals surface area contributed by atoms with E-state index in [1.807, 2.05) is 12.1 Å². The Morgan fingerprint density at radius 3 is 2.39 bits per heavy atom. The van der Waals surface area contributed by atoms with Gasteiger partial charge in [0.1, 0.15) is 0 Å². The third kappa shape index (κ3) is 3.80. The Labute approximate surface area is 141 Å². The van der Waals surface area contributed by atoms with E-state index in [2.05, 4.69) is 6.92 Å². The topological polar surface area (TPSA) is 0 Å². The van der Waals surface area contributed by atoms with Crippen molar-refractivity contribution in [1.29, 1.82) is 0 Å². The Hall–Kier alpha value is -1.70. The van der Waals surface area contributed by atoms with E-state index in [1.165, 1.54) is 6.07 Å². The zero-order chi connectivity index (χ0) is 18.9. The SMILES string of the molecule is [2H][C@@H]1C[C@@H](CCC)CC([2H])([2H])C1c1ccc(-c2ccc(F)c(F)c2)cc1. The van der Waals surface area contributed by atoms with E-state index in [-0.39, 0.29) is 5.92 Å². The van der Waals surface area contributed by atoms with Crippen molar-refractivity contribution in [2.45, 2.75) is 51.3 Å². The molecule has 2 heteroatoms. The predicted molar refractivity (Wildman–Crippen MR) is 91.4 cm³/mol. The van der Waals surface area contributed by atoms with Gasteiger partial charge in [0.2, 0.25) is 0 Å². The Bertz CT molecular complexity index is 758. The quantitative estimate of drug-likeness (QED) is 0.588. The van der Waals surface area contributed by atoms with Crippen LogP contribution in [0.1, 0.15) is 61.0 Å². The summed E-state index contributed by atoms with van der Waals surface area (Å²) in [6, 6.07) is 11.0. The summed E-state index contributed by atoms with van der Waals surface area (Å²) in [6.07, 6.45) is 1.32. The Kier molecular flexibility index (Phi) is 4.00. The molecule has 0 saturated heterocycles. The maximum atomic E-state index is 13.4. The number of hydrogen-bond donors (Lipinski definition) is 0. The molecule has 0 spiro atoms. The van der Waals surface area contributed by atoms with Crippen molar-refractivity contribution in [1.82, 2.24) is 0 Å². The van der Waals surface area contributed by atoms with Crippen LogP contribution in [0.2, 0.25) is 0 Å². The van der Waals surface area contributed by atoms with Crippen molar-refractivity contribution in [2.24, 2.45) is 5.92 Å². The largest absolute Gasteiger partial charge is 0.204 e. The molecule has 122 valence electrons. The maximum absolute atomic E-state index is 13.4. The van der Waals surface area contributed by atoms with Crippen LogP contribution in [0, 0.1) is 17.6 Å². The Morgan fingerprint density at radius 2 is 1.74 bits per heavy atom. The van der Waals surface area contributed by atoms with Gasteiger partial charge in [-0.1, -0.05) is 50.1 Å². The summed E-state index contributed by atoms with van der Waals surface area (Å²) in [5, 5.41) is 0. The number of hydrogen-bond acceptors (Lipinski definition) is 0. The molecule has 23 heavy (non-hydrogen) atoms. The maximum Gasteiger partial charge on any atom is 0.159 e. The molecule has 3 rings (SSSR count). The highest BCUT2D eigenvalue weighted by atomic mass is 19.2. The third-order valence-electron chi connectivity index (χ3n) is 4.55. The first kappa shape index (κ1) is 12.7. The first-order valence-corrected chi connectivity index (χ1v) is 8.29. The summed E-state index contributed by atoms with van der Waals surface area (Å²) < 4.78 is 52.0. The molecule has 0 aromatic heterocycles. The van der Waals surface area contributed by atoms with E-state index in [4.69, 9.17) is 4.11 Å². The standard InChI is InChI=1S/C21H24F2/c1-2-3-15-4-6-16(7-5-15)17-8-10-18(11-9-17)19-12-13-20(22)21(23)14-19/h8-16H,2-7H2,1H3/t15-,16?/i6D,7D2/t6-,15-,16?/m1/s1. The molecule has 1 unspecified atom stereocenters. The van der Waals surface area contributed by atoms with Crippen molar-refractivity contribution in [3.05, 3.63) is 59.7 Å². The van der Waals surface area contributed by atoms with Crippen LogP contribution >= 0.6 is 0 Å². The minimum absolute atomic E-state index is 0.273. The molecule has 0 radical (unpaired) electrons. The van der Waals surface area contributed by atoms with Gasteiger partial charge in [-0.05, 0) is 66.3 Å². The Balaban J connectivity index is 1.84. The van der Waals surface area contributed by atoms with Gasteiger partial charge in [0.15, 0.2) is 11.6 Å². The van der Waals surface area contributed by atoms with Crippen LogP contribution in [0.3, 0.4) is 0 Å². The van der Waals surface area contributed by atoms with Crippen molar-refractivity contribution < 1.29 is 12.9 Å². The van der Waals surface area contributed by atoms with E-state index >= 15 is 0 Å². The zero-order valence-electron chi connectivity index (χ0n) is 16.4. The first-order valence-electron chi connectivity index (χ1n) is 9.87. The molecule has 1 aliphatic carbocycles. The van der Waals surface area contributed by atoms with Crippen LogP contribution in [-0.2, 0) is 0 Å². The van der Waals surface area contributed by atoms with Gasteiger partial charge in [0.05, 0.1) is 0 Å². The second-order valence-electron chi connectivity index (χ2n) is 6.26. The van der Waals surface area contributed by atoms with E-state index in [9.17, 15) is 8.78 Å². The Morgan fingerprint density at radius 1 is 1.00 bits per heavy atom. The van der Waals surface area contributed by atoms with Gasteiger partial charge in [-0.15, -0.1) is 0 Å². The molecule has 1 fully saturated rings. The zero-order valence-corrected chi connectivity index (χ0v) is 13.4. The molecule has 1 saturated carbocycles. The highest BCUT2D eigenvalue weighted by Gasteiger charge is 2.21. The van der Waals surface area contributed by atoms with E-state index < -0.39 is 30.3 Å². The molecule has 0 aliphatic heterocycles. The monoisotopic (exact) mass is 317 g/mol. The van der Waals surface area contributed by atoms with Crippen LogP contribution in [0.4, 0.5) is 8.78 Å². The lowest BCUT2D eigenvalue weighted by Gasteiger charge is -2.28. The highest BCUT2D eigenvalue weighted by Crippen LogP contribution is 2.38. The molecule has 2 aromatic carbocycles. The fourth-order valence-corrected chi connectivity index (χ4v) is 3.23. The lowest BCUT2D eigenvalue weighted by Crippen LogP contribution is -2.13. The van der Waals surface area contributed by atoms with Crippen molar-refractivity contribution in [2.75, 3.05) is 0 Å². The fourth-order valence-electron chi connectivity index (χ4n) is 3.23. The first-order chi connectivity index (χ1) is 12.3. The minimum Gasteiger partial charge on any atom is -0.204 e. The van der Waals surface area contributed by atoms with E-state index in [0.29, 0.717) is 12.0 Å². The normalized spacial score (nSPS) is 28.7. The summed E-state index contributed by atoms with van der Waals surface area (Å²) in [7, 11) is 0. The highest BCUT2D eigenvalue weighted by molar-refractivity contribution is 5.63. The van der Waals surface area contributed by atoms with Gasteiger partial charge < -0.3 is 0 Å². The summed E-state index contributed by atoms with van der Waals surface area (Å²) in [6.45, 7) is 2.09. The number of rotatable bonds is 4. The lowest BCUT2D eigenvalue weighted by atomic mass is 9.77. The predicted octanol–water partition coefficient (Wildman–Crippen LogP) is 6.71. The summed E-state index contributed by atoms with van der Waals surface area (Å²) in [5.74, 6) is -1.95. The van der Waals surface area contributed by atoms with Crippen LogP contribution in [0.15, 0.2) is 42.5 Å². The van der Waals surface area contributed by atoms with Crippen LogP contribution in [0.5, 0.6) is 0 Å². The third-order valence-corrected chi connectivity index (χ3v) is 4.55. The lowest BCUT2D eigenvalue weighted by molar-refractivity contribution is 0.308. The van der Waals surface area contributed by atoms with Crippen molar-refractivity contribution in [3.63, 3.8) is 0 Å². The van der Waals surface area contributed by atoms with Gasteiger partial charge in [0, 0.05) is 4.11 Å². The summed E-state index contributed by atoms with van der Waals surface area (Å²) in [5.41, 5.74) is 2.12. The van der Waals surface area contributed by atoms with Crippen LogP contribution in [-0.4, -0.2) is 0 Å². The molecule has 0 heterocycles. The van der Waals surface area contributed by atoms with Gasteiger partial charge in [-0.2, -0.15) is 0 Å². The number of benzene rings is 2. The second kappa shape index (κ2) is 7.25. The molecular weight excluding hydrogens is 290 g/mol. The summed E-state index contributed by atoms with van der Waals surface area (Å²) in [4.78, 5) is 0. The molecule has 0 bridgehead atoms. The molecule has 0 nitrogen and oxygen atoms in total. The molecule has 0 N–H and O–H groups in total. The van der Waals surface area contributed by atoms with Crippen LogP contribution < -0.4 is 0 Å². The van der Waals surface area contributed by atoms with Crippen molar-refractivity contribution in [3.8, 4) is 11.1 Å². The molecular formula is C21H24F2. The average molecular weight is 317 g/mol. The van der Waals surface area contributed by atoms with Crippen LogP contribution in [0.25, 0.3) is 11.1 Å². The second-order valence-corrected chi connectivity index (χ2v) is 6.26. The van der Waals surface area contributed by atoms with Gasteiger partial charge in [0.25, 0.3) is 0 Å². The fraction of sp³-hybridized carbons (Fsp3) is 0.429. The molecule has 3 atom stereocenters. The van der Waals surface area contributed by atoms with Gasteiger partial charge >= 0.3 is 0 Å². The van der Waals surface area contributed by atoms with Gasteiger partial charge in [-0.3, -0.25) is 0 Å². The van der Waals surface area contributed by atoms with Gasteiger partial charge in [-0.25, -0.2) is 8.78 Å². The van der Waals surface area contributed by atoms with Crippen molar-refractivity contribution >= 4 is 0 Å². The van der Waals surface area contributed by atoms with E-state index in [0.717, 1.165) is 42.5 Å². The molecule has 1 aliphatic rings.